The molecular weight excluding hydrogens is 295 g/mol. The fraction of sp³-hybridized carbons (Fsp3) is 0.867. The Labute approximate surface area is 157 Å². The molecule has 7 heteroatoms. The van der Waals surface area contributed by atoms with Gasteiger partial charge in [-0.25, -0.2) is 0 Å². The fourth-order valence-electron chi connectivity index (χ4n) is 2.06. The van der Waals surface area contributed by atoms with E-state index in [1.54, 1.807) is 0 Å². The number of carbonyl (C=O) groups is 2. The first-order chi connectivity index (χ1) is 10.1. The Bertz CT molecular complexity index is 297. The van der Waals surface area contributed by atoms with E-state index in [2.05, 4.69) is 12.2 Å². The number of hydrogen-bond acceptors (Lipinski definition) is 4. The van der Waals surface area contributed by atoms with Crippen molar-refractivity contribution in [2.45, 2.75) is 51.9 Å². The van der Waals surface area contributed by atoms with Crippen LogP contribution in [0.25, 0.3) is 0 Å². The van der Waals surface area contributed by atoms with E-state index in [-0.39, 0.29) is 49.9 Å². The molecule has 6 nitrogen and oxygen atoms in total. The topological polar surface area (TPSA) is 89.9 Å². The van der Waals surface area contributed by atoms with Crippen LogP contribution in [0.3, 0.4) is 0 Å². The predicted molar refractivity (Wildman–Crippen MR) is 83.3 cm³/mol. The van der Waals surface area contributed by atoms with Gasteiger partial charge in [0, 0.05) is 32.6 Å². The van der Waals surface area contributed by atoms with Gasteiger partial charge in [0.05, 0.1) is 13.0 Å². The second-order valence-corrected chi connectivity index (χ2v) is 5.22. The zero-order valence-corrected chi connectivity index (χ0v) is 16.1. The number of nitrogens with one attached hydrogen (secondary N) is 1. The number of unbranched alkanes of at least 4 members (excludes halogenated alkanes) is 4. The van der Waals surface area contributed by atoms with Crippen molar-refractivity contribution in [1.29, 1.82) is 0 Å². The van der Waals surface area contributed by atoms with Crippen LogP contribution in [0, 0.1) is 0 Å². The predicted octanol–water partition coefficient (Wildman–Crippen LogP) is -1.65. The van der Waals surface area contributed by atoms with Gasteiger partial charge in [-0.2, -0.15) is 0 Å². The van der Waals surface area contributed by atoms with Gasteiger partial charge in [-0.3, -0.25) is 14.5 Å². The van der Waals surface area contributed by atoms with E-state index >= 15 is 0 Å². The van der Waals surface area contributed by atoms with Crippen molar-refractivity contribution in [3.63, 3.8) is 0 Å². The van der Waals surface area contributed by atoms with Crippen LogP contribution < -0.4 is 34.9 Å². The Hall–Kier alpha value is -0.140. The van der Waals surface area contributed by atoms with Crippen LogP contribution in [-0.4, -0.2) is 59.8 Å². The Morgan fingerprint density at radius 2 is 1.73 bits per heavy atom. The number of aliphatic hydroxyl groups excluding tert-OH is 1. The molecule has 126 valence electrons. The summed E-state index contributed by atoms with van der Waals surface area (Å²) >= 11 is 0. The van der Waals surface area contributed by atoms with E-state index in [0.717, 1.165) is 12.8 Å². The van der Waals surface area contributed by atoms with E-state index in [1.165, 1.54) is 19.3 Å². The van der Waals surface area contributed by atoms with Gasteiger partial charge in [0.15, 0.2) is 0 Å². The average molecular weight is 326 g/mol. The number of hydrogen-bond donors (Lipinski definition) is 3. The number of rotatable bonds is 14. The van der Waals surface area contributed by atoms with Gasteiger partial charge < -0.3 is 17.0 Å². The van der Waals surface area contributed by atoms with Gasteiger partial charge in [0.25, 0.3) is 0 Å². The number of carbonyl (C=O) groups excluding carboxylic acids is 1. The Kier molecular flexibility index (Phi) is 18.9. The molecule has 0 aliphatic heterocycles. The molecule has 0 unspecified atom stereocenters. The second-order valence-electron chi connectivity index (χ2n) is 5.22. The van der Waals surface area contributed by atoms with Gasteiger partial charge in [0.1, 0.15) is 0 Å². The van der Waals surface area contributed by atoms with Crippen LogP contribution in [0.15, 0.2) is 0 Å². The molecule has 0 aromatic rings. The maximum atomic E-state index is 11.6. The van der Waals surface area contributed by atoms with Gasteiger partial charge in [-0.15, -0.1) is 0 Å². The molecule has 0 saturated heterocycles. The molecule has 0 saturated carbocycles. The van der Waals surface area contributed by atoms with E-state index in [1.807, 2.05) is 4.90 Å². The minimum absolute atomic E-state index is 0. The summed E-state index contributed by atoms with van der Waals surface area (Å²) in [6.07, 6.45) is 6.22. The quantitative estimate of drug-likeness (QED) is 0.263. The molecule has 0 spiro atoms. The number of amides is 1. The zero-order valence-electron chi connectivity index (χ0n) is 15.1. The number of carboxylic acids is 1. The normalized spacial score (nSPS) is 10.3. The van der Waals surface area contributed by atoms with E-state index in [9.17, 15) is 9.59 Å². The first kappa shape index (κ1) is 24.1. The smallest absolute Gasteiger partial charge is 1.00 e. The summed E-state index contributed by atoms with van der Waals surface area (Å²) in [5.41, 5.74) is 0. The van der Waals surface area contributed by atoms with Gasteiger partial charge in [-0.1, -0.05) is 32.6 Å². The second kappa shape index (κ2) is 17.2. The van der Waals surface area contributed by atoms with Gasteiger partial charge >= 0.3 is 35.5 Å². The first-order valence-corrected chi connectivity index (χ1v) is 7.91. The third-order valence-corrected chi connectivity index (χ3v) is 3.32. The molecule has 1 amide bonds. The maximum Gasteiger partial charge on any atom is 1.00 e. The summed E-state index contributed by atoms with van der Waals surface area (Å²) in [7, 11) is 0. The number of nitrogens with zero attached hydrogens (tertiary/aromatic N) is 1. The SMILES string of the molecule is CCCCCCCC(=O)NCCN(CCO)CCC(=O)O.[H-].[Na+]. The zero-order chi connectivity index (χ0) is 15.9. The molecule has 0 aromatic carbocycles. The van der Waals surface area contributed by atoms with Crippen LogP contribution in [-0.2, 0) is 9.59 Å². The largest absolute Gasteiger partial charge is 1.00 e. The molecule has 0 heterocycles. The van der Waals surface area contributed by atoms with Crippen LogP contribution in [0.5, 0.6) is 0 Å². The molecule has 0 fully saturated rings. The van der Waals surface area contributed by atoms with Crippen molar-refractivity contribution < 1.29 is 50.8 Å². The Balaban J connectivity index is -0.00000200. The summed E-state index contributed by atoms with van der Waals surface area (Å²) in [6, 6.07) is 0. The van der Waals surface area contributed by atoms with Crippen molar-refractivity contribution in [1.82, 2.24) is 10.2 Å². The van der Waals surface area contributed by atoms with Crippen molar-refractivity contribution >= 4 is 11.9 Å². The summed E-state index contributed by atoms with van der Waals surface area (Å²) in [5.74, 6) is -0.803. The van der Waals surface area contributed by atoms with E-state index in [4.69, 9.17) is 10.2 Å². The van der Waals surface area contributed by atoms with Gasteiger partial charge in [-0.05, 0) is 6.42 Å². The van der Waals surface area contributed by atoms with Crippen LogP contribution in [0.4, 0.5) is 0 Å². The molecule has 0 aromatic heterocycles. The molecule has 0 atom stereocenters. The summed E-state index contributed by atoms with van der Waals surface area (Å²) in [6.45, 7) is 4.03. The molecule has 0 rings (SSSR count). The Morgan fingerprint density at radius 3 is 2.32 bits per heavy atom. The molecule has 0 bridgehead atoms. The van der Waals surface area contributed by atoms with E-state index in [0.29, 0.717) is 32.6 Å². The monoisotopic (exact) mass is 326 g/mol. The fourth-order valence-corrected chi connectivity index (χ4v) is 2.06. The molecule has 0 aliphatic carbocycles. The average Bonchev–Trinajstić information content (AvgIpc) is 2.44. The minimum atomic E-state index is -0.853. The molecule has 0 aliphatic rings. The summed E-state index contributed by atoms with van der Waals surface area (Å²) < 4.78 is 0. The van der Waals surface area contributed by atoms with Crippen LogP contribution in [0.1, 0.15) is 53.3 Å². The van der Waals surface area contributed by atoms with Crippen LogP contribution in [0.2, 0.25) is 0 Å². The molecule has 3 N–H and O–H groups in total. The third kappa shape index (κ3) is 16.2. The minimum Gasteiger partial charge on any atom is -1.00 e. The number of carboxylic acid groups (broad SMARTS) is 1. The van der Waals surface area contributed by atoms with Crippen molar-refractivity contribution in [2.24, 2.45) is 0 Å². The Morgan fingerprint density at radius 1 is 1.05 bits per heavy atom. The van der Waals surface area contributed by atoms with E-state index < -0.39 is 5.97 Å². The summed E-state index contributed by atoms with van der Waals surface area (Å²) in [5, 5.41) is 20.4. The molecular formula is C15H31N2NaO4. The molecule has 0 radical (unpaired) electrons. The number of aliphatic hydroxyl groups is 1. The summed E-state index contributed by atoms with van der Waals surface area (Å²) in [4.78, 5) is 24.0. The van der Waals surface area contributed by atoms with Crippen molar-refractivity contribution in [2.75, 3.05) is 32.8 Å². The standard InChI is InChI=1S/C15H30N2O4.Na.H/c1-2-3-4-5-6-7-14(19)16-9-11-17(12-13-18)10-8-15(20)21;;/h18H,2-13H2,1H3,(H,16,19)(H,20,21);;/q;+1;-1. The van der Waals surface area contributed by atoms with Crippen molar-refractivity contribution in [3.05, 3.63) is 0 Å². The maximum absolute atomic E-state index is 11.6. The first-order valence-electron chi connectivity index (χ1n) is 7.91. The molecule has 22 heavy (non-hydrogen) atoms. The van der Waals surface area contributed by atoms with Crippen molar-refractivity contribution in [3.8, 4) is 0 Å². The van der Waals surface area contributed by atoms with Crippen LogP contribution >= 0.6 is 0 Å². The number of aliphatic carboxylic acids is 1. The third-order valence-electron chi connectivity index (χ3n) is 3.32. The van der Waals surface area contributed by atoms with Gasteiger partial charge in [0.2, 0.25) is 5.91 Å².